The van der Waals surface area contributed by atoms with Crippen molar-refractivity contribution < 1.29 is 14.9 Å². The molecule has 7 heteroatoms. The smallest absolute Gasteiger partial charge is 0.144 e. The van der Waals surface area contributed by atoms with E-state index in [2.05, 4.69) is 9.97 Å². The molecule has 28 heavy (non-hydrogen) atoms. The van der Waals surface area contributed by atoms with Gasteiger partial charge in [-0.05, 0) is 43.3 Å². The van der Waals surface area contributed by atoms with E-state index >= 15 is 0 Å². The van der Waals surface area contributed by atoms with Crippen LogP contribution in [0.1, 0.15) is 12.5 Å². The highest BCUT2D eigenvalue weighted by atomic mass is 16.5. The predicted octanol–water partition coefficient (Wildman–Crippen LogP) is 2.77. The Balaban J connectivity index is 1.74. The number of ether oxygens (including phenoxy) is 1. The van der Waals surface area contributed by atoms with E-state index in [1.54, 1.807) is 12.5 Å². The van der Waals surface area contributed by atoms with Crippen molar-refractivity contribution >= 4 is 11.0 Å². The molecule has 0 radical (unpaired) electrons. The van der Waals surface area contributed by atoms with Gasteiger partial charge in [-0.3, -0.25) is 4.57 Å². The van der Waals surface area contributed by atoms with Crippen LogP contribution >= 0.6 is 0 Å². The molecule has 0 atom stereocenters. The van der Waals surface area contributed by atoms with Crippen molar-refractivity contribution in [3.8, 4) is 22.8 Å². The summed E-state index contributed by atoms with van der Waals surface area (Å²) in [6.07, 6.45) is 5.38. The molecular formula is C21H22N4O3. The summed E-state index contributed by atoms with van der Waals surface area (Å²) < 4.78 is 9.48. The molecule has 0 aliphatic heterocycles. The van der Waals surface area contributed by atoms with Crippen molar-refractivity contribution in [1.82, 2.24) is 19.1 Å². The second kappa shape index (κ2) is 7.84. The van der Waals surface area contributed by atoms with Crippen LogP contribution in [0.15, 0.2) is 55.1 Å². The van der Waals surface area contributed by atoms with E-state index in [-0.39, 0.29) is 13.2 Å². The van der Waals surface area contributed by atoms with Gasteiger partial charge in [0, 0.05) is 35.8 Å². The van der Waals surface area contributed by atoms with Gasteiger partial charge in [-0.1, -0.05) is 0 Å². The van der Waals surface area contributed by atoms with Crippen LogP contribution in [-0.2, 0) is 13.2 Å². The molecule has 2 heterocycles. The molecule has 144 valence electrons. The maximum absolute atomic E-state index is 9.68. The summed E-state index contributed by atoms with van der Waals surface area (Å²) in [7, 11) is 0. The van der Waals surface area contributed by atoms with E-state index in [1.807, 2.05) is 58.7 Å². The van der Waals surface area contributed by atoms with Crippen molar-refractivity contribution in [1.29, 1.82) is 0 Å². The number of benzene rings is 2. The zero-order chi connectivity index (χ0) is 19.5. The molecule has 2 aromatic carbocycles. The average Bonchev–Trinajstić information content (AvgIpc) is 3.36. The molecule has 0 saturated heterocycles. The Bertz CT molecular complexity index is 1100. The number of aliphatic hydroxyl groups is 2. The van der Waals surface area contributed by atoms with Crippen LogP contribution in [0.3, 0.4) is 0 Å². The molecule has 0 aliphatic rings. The van der Waals surface area contributed by atoms with Crippen molar-refractivity contribution in [3.05, 3.63) is 60.7 Å². The monoisotopic (exact) mass is 378 g/mol. The van der Waals surface area contributed by atoms with E-state index < -0.39 is 0 Å². The summed E-state index contributed by atoms with van der Waals surface area (Å²) in [5.74, 6) is 1.45. The summed E-state index contributed by atoms with van der Waals surface area (Å²) in [5, 5.41) is 18.9. The molecule has 0 fully saturated rings. The Hall–Kier alpha value is -3.16. The number of rotatable bonds is 7. The predicted molar refractivity (Wildman–Crippen MR) is 106 cm³/mol. The first-order valence-electron chi connectivity index (χ1n) is 9.21. The topological polar surface area (TPSA) is 85.3 Å². The molecule has 4 rings (SSSR count). The van der Waals surface area contributed by atoms with Gasteiger partial charge >= 0.3 is 0 Å². The number of aromatic nitrogens is 4. The van der Waals surface area contributed by atoms with Crippen molar-refractivity contribution in [3.63, 3.8) is 0 Å². The van der Waals surface area contributed by atoms with Gasteiger partial charge in [0.2, 0.25) is 0 Å². The molecule has 0 unspecified atom stereocenters. The fourth-order valence-corrected chi connectivity index (χ4v) is 3.35. The first-order chi connectivity index (χ1) is 13.7. The van der Waals surface area contributed by atoms with Gasteiger partial charge in [0.1, 0.15) is 11.6 Å². The highest BCUT2D eigenvalue weighted by molar-refractivity contribution is 5.78. The molecular weight excluding hydrogens is 356 g/mol. The van der Waals surface area contributed by atoms with Gasteiger partial charge in [0.05, 0.1) is 37.2 Å². The second-order valence-corrected chi connectivity index (χ2v) is 6.37. The van der Waals surface area contributed by atoms with Gasteiger partial charge in [0.25, 0.3) is 0 Å². The molecule has 0 aliphatic carbocycles. The van der Waals surface area contributed by atoms with E-state index in [4.69, 9.17) is 4.74 Å². The summed E-state index contributed by atoms with van der Waals surface area (Å²) in [5.41, 5.74) is 4.39. The van der Waals surface area contributed by atoms with Crippen LogP contribution in [0.25, 0.3) is 28.1 Å². The summed E-state index contributed by atoms with van der Waals surface area (Å²) >= 11 is 0. The molecule has 2 aromatic heterocycles. The summed E-state index contributed by atoms with van der Waals surface area (Å²) in [6, 6.07) is 11.7. The third kappa shape index (κ3) is 3.26. The van der Waals surface area contributed by atoms with Crippen LogP contribution in [0, 0.1) is 0 Å². The lowest BCUT2D eigenvalue weighted by Crippen LogP contribution is -2.01. The van der Waals surface area contributed by atoms with Gasteiger partial charge in [-0.2, -0.15) is 0 Å². The Morgan fingerprint density at radius 3 is 2.75 bits per heavy atom. The minimum Gasteiger partial charge on any atom is -0.494 e. The highest BCUT2D eigenvalue weighted by Gasteiger charge is 2.12. The quantitative estimate of drug-likeness (QED) is 0.517. The van der Waals surface area contributed by atoms with E-state index in [0.29, 0.717) is 18.9 Å². The first-order valence-corrected chi connectivity index (χ1v) is 9.21. The van der Waals surface area contributed by atoms with E-state index in [0.717, 1.165) is 33.7 Å². The van der Waals surface area contributed by atoms with Crippen molar-refractivity contribution in [2.75, 3.05) is 13.2 Å². The Kier molecular flexibility index (Phi) is 5.10. The van der Waals surface area contributed by atoms with Crippen molar-refractivity contribution in [2.24, 2.45) is 0 Å². The normalized spacial score (nSPS) is 11.2. The minimum atomic E-state index is -0.0991. The third-order valence-corrected chi connectivity index (χ3v) is 4.65. The molecule has 2 N–H and O–H groups in total. The zero-order valence-corrected chi connectivity index (χ0v) is 15.6. The van der Waals surface area contributed by atoms with Crippen LogP contribution in [0.5, 0.6) is 5.75 Å². The Morgan fingerprint density at radius 2 is 1.96 bits per heavy atom. The average molecular weight is 378 g/mol. The van der Waals surface area contributed by atoms with Gasteiger partial charge in [0.15, 0.2) is 0 Å². The molecule has 0 bridgehead atoms. The lowest BCUT2D eigenvalue weighted by Gasteiger charge is -2.12. The fraction of sp³-hybridized carbons (Fsp3) is 0.238. The van der Waals surface area contributed by atoms with Crippen LogP contribution in [0.2, 0.25) is 0 Å². The second-order valence-electron chi connectivity index (χ2n) is 6.37. The maximum atomic E-state index is 9.68. The van der Waals surface area contributed by atoms with Gasteiger partial charge in [-0.25, -0.2) is 9.97 Å². The first kappa shape index (κ1) is 18.2. The number of nitrogens with zero attached hydrogens (tertiary/aromatic N) is 4. The van der Waals surface area contributed by atoms with Crippen LogP contribution < -0.4 is 4.74 Å². The summed E-state index contributed by atoms with van der Waals surface area (Å²) in [6.45, 7) is 2.95. The largest absolute Gasteiger partial charge is 0.494 e. The Morgan fingerprint density at radius 1 is 1.07 bits per heavy atom. The van der Waals surface area contributed by atoms with Crippen LogP contribution in [-0.4, -0.2) is 42.5 Å². The maximum Gasteiger partial charge on any atom is 0.144 e. The van der Waals surface area contributed by atoms with Crippen LogP contribution in [0.4, 0.5) is 0 Å². The van der Waals surface area contributed by atoms with E-state index in [1.165, 1.54) is 0 Å². The van der Waals surface area contributed by atoms with E-state index in [9.17, 15) is 10.2 Å². The number of hydrogen-bond acceptors (Lipinski definition) is 5. The molecule has 7 nitrogen and oxygen atoms in total. The SMILES string of the molecule is CCOc1ccc(-c2nccn2-c2ccc3c(c2)ncn3CCO)cc1CO. The number of hydrogen-bond donors (Lipinski definition) is 2. The third-order valence-electron chi connectivity index (χ3n) is 4.65. The highest BCUT2D eigenvalue weighted by Crippen LogP contribution is 2.28. The molecule has 4 aromatic rings. The lowest BCUT2D eigenvalue weighted by molar-refractivity contribution is 0.267. The zero-order valence-electron chi connectivity index (χ0n) is 15.6. The number of fused-ring (bicyclic) bond motifs is 1. The summed E-state index contributed by atoms with van der Waals surface area (Å²) in [4.78, 5) is 8.95. The lowest BCUT2D eigenvalue weighted by atomic mass is 10.1. The van der Waals surface area contributed by atoms with Gasteiger partial charge in [-0.15, -0.1) is 0 Å². The molecule has 0 saturated carbocycles. The minimum absolute atomic E-state index is 0.0732. The standard InChI is InChI=1S/C21H22N4O3/c1-2-28-20-6-3-15(11-16(20)13-27)21-22-7-8-25(21)17-4-5-19-18(12-17)23-14-24(19)9-10-26/h3-8,11-12,14,26-27H,2,9-10,13H2,1H3. The van der Waals surface area contributed by atoms with Gasteiger partial charge < -0.3 is 19.5 Å². The number of imidazole rings is 2. The number of aliphatic hydroxyl groups excluding tert-OH is 2. The fourth-order valence-electron chi connectivity index (χ4n) is 3.35. The molecule has 0 amide bonds. The molecule has 0 spiro atoms. The Labute approximate surface area is 162 Å². The van der Waals surface area contributed by atoms with Crippen molar-refractivity contribution in [2.45, 2.75) is 20.1 Å².